The molecule has 10 atom stereocenters. The number of aryl methyl sites for hydroxylation is 1. The van der Waals surface area contributed by atoms with Crippen molar-refractivity contribution in [2.45, 2.75) is 76.2 Å². The van der Waals surface area contributed by atoms with Crippen molar-refractivity contribution in [1.29, 1.82) is 0 Å². The second kappa shape index (κ2) is 11.6. The summed E-state index contributed by atoms with van der Waals surface area (Å²) in [6.45, 7) is 4.11. The van der Waals surface area contributed by atoms with Gasteiger partial charge in [-0.3, -0.25) is 4.79 Å². The van der Waals surface area contributed by atoms with E-state index >= 15 is 0 Å². The second-order valence-electron chi connectivity index (χ2n) is 14.6. The first kappa shape index (κ1) is 31.9. The van der Waals surface area contributed by atoms with Crippen LogP contribution in [0.2, 0.25) is 0 Å². The monoisotopic (exact) mass is 662 g/mol. The summed E-state index contributed by atoms with van der Waals surface area (Å²) in [5.74, 6) is -0.517. The highest BCUT2D eigenvalue weighted by atomic mass is 16.7. The van der Waals surface area contributed by atoms with Gasteiger partial charge in [-0.2, -0.15) is 0 Å². The van der Waals surface area contributed by atoms with Crippen molar-refractivity contribution in [1.82, 2.24) is 0 Å². The zero-order valence-corrected chi connectivity index (χ0v) is 27.1. The summed E-state index contributed by atoms with van der Waals surface area (Å²) < 4.78 is 25.1. The van der Waals surface area contributed by atoms with Crippen LogP contribution in [0, 0.1) is 36.5 Å². The van der Waals surface area contributed by atoms with Gasteiger partial charge in [0.2, 0.25) is 6.29 Å². The highest BCUT2D eigenvalue weighted by Gasteiger charge is 2.62. The molecule has 4 fully saturated rings. The molecular weight excluding hydrogens is 620 g/mol. The molecule has 0 unspecified atom stereocenters. The van der Waals surface area contributed by atoms with Gasteiger partial charge >= 0.3 is 5.97 Å². The normalized spacial score (nSPS) is 37.1. The molecule has 8 rings (SSSR count). The number of allylic oxidation sites excluding steroid dienone is 2. The van der Waals surface area contributed by atoms with Gasteiger partial charge in [-0.05, 0) is 103 Å². The van der Waals surface area contributed by atoms with E-state index in [1.165, 1.54) is 35.8 Å². The predicted molar refractivity (Wildman–Crippen MR) is 171 cm³/mol. The molecule has 6 aliphatic rings. The van der Waals surface area contributed by atoms with Crippen molar-refractivity contribution in [3.8, 4) is 11.5 Å². The minimum Gasteiger partial charge on any atom is -0.506 e. The minimum absolute atomic E-state index is 0.0525. The molecule has 3 aliphatic carbocycles. The van der Waals surface area contributed by atoms with Crippen molar-refractivity contribution in [3.63, 3.8) is 0 Å². The molecule has 11 nitrogen and oxygen atoms in total. The lowest BCUT2D eigenvalue weighted by Crippen LogP contribution is -2.69. The van der Waals surface area contributed by atoms with Crippen LogP contribution in [0.5, 0.6) is 11.5 Å². The number of hydrogen-bond acceptors (Lipinski definition) is 10. The van der Waals surface area contributed by atoms with Gasteiger partial charge in [-0.25, -0.2) is 4.79 Å². The van der Waals surface area contributed by atoms with Gasteiger partial charge in [0.1, 0.15) is 35.4 Å². The fourth-order valence-electron chi connectivity index (χ4n) is 10.2. The van der Waals surface area contributed by atoms with Gasteiger partial charge in [0.05, 0.1) is 36.3 Å². The number of carboxylic acids is 1. The van der Waals surface area contributed by atoms with Crippen LogP contribution in [0.15, 0.2) is 41.0 Å². The minimum atomic E-state index is -1.67. The molecule has 1 spiro atoms. The third-order valence-corrected chi connectivity index (χ3v) is 12.2. The molecule has 0 bridgehead atoms. The van der Waals surface area contributed by atoms with Gasteiger partial charge in [0, 0.05) is 12.5 Å². The summed E-state index contributed by atoms with van der Waals surface area (Å²) in [6.07, 6.45) is 0.830. The Labute approximate surface area is 277 Å². The van der Waals surface area contributed by atoms with E-state index in [2.05, 4.69) is 6.08 Å². The number of aromatic carboxylic acids is 1. The molecule has 3 heterocycles. The van der Waals surface area contributed by atoms with Crippen molar-refractivity contribution in [2.24, 2.45) is 29.6 Å². The summed E-state index contributed by atoms with van der Waals surface area (Å²) in [5, 5.41) is 55.9. The summed E-state index contributed by atoms with van der Waals surface area (Å²) >= 11 is 0. The van der Waals surface area contributed by atoms with E-state index in [0.717, 1.165) is 32.3 Å². The second-order valence-corrected chi connectivity index (χ2v) is 14.6. The summed E-state index contributed by atoms with van der Waals surface area (Å²) in [6, 6.07) is 4.12. The Kier molecular flexibility index (Phi) is 7.74. The number of carbonyl (C=O) groups is 2. The van der Waals surface area contributed by atoms with Crippen LogP contribution in [0.3, 0.4) is 0 Å². The zero-order chi connectivity index (χ0) is 33.6. The molecule has 0 amide bonds. The lowest BCUT2D eigenvalue weighted by molar-refractivity contribution is -0.326. The molecular formula is C37H42O11. The fraction of sp³-hybridized carbons (Fsp3) is 0.568. The van der Waals surface area contributed by atoms with E-state index in [1.54, 1.807) is 13.0 Å². The molecule has 256 valence electrons. The molecule has 11 heteroatoms. The van der Waals surface area contributed by atoms with E-state index in [9.17, 15) is 35.1 Å². The Hall–Kier alpha value is -3.32. The number of aliphatic hydroxyl groups excluding tert-OH is 3. The molecule has 48 heavy (non-hydrogen) atoms. The molecule has 2 saturated carbocycles. The molecule has 0 radical (unpaired) electrons. The Morgan fingerprint density at radius 3 is 2.67 bits per heavy atom. The quantitative estimate of drug-likeness (QED) is 0.296. The lowest BCUT2D eigenvalue weighted by Gasteiger charge is -2.56. The Morgan fingerprint density at radius 2 is 1.92 bits per heavy atom. The molecule has 2 saturated heterocycles. The Morgan fingerprint density at radius 1 is 1.10 bits per heavy atom. The number of ketones is 1. The average Bonchev–Trinajstić information content (AvgIpc) is 3.41. The van der Waals surface area contributed by atoms with Crippen LogP contribution in [-0.2, 0) is 14.2 Å². The number of aromatic hydroxyl groups is 1. The number of carboxylic acid groups (broad SMARTS) is 1. The van der Waals surface area contributed by atoms with E-state index in [1.807, 2.05) is 0 Å². The maximum absolute atomic E-state index is 12.4. The van der Waals surface area contributed by atoms with Crippen molar-refractivity contribution in [3.05, 3.63) is 57.7 Å². The fourth-order valence-corrected chi connectivity index (χ4v) is 10.2. The number of phenolic OH excluding ortho intramolecular Hbond substituents is 1. The highest BCUT2D eigenvalue weighted by molar-refractivity contribution is 6.08. The van der Waals surface area contributed by atoms with Gasteiger partial charge in [-0.15, -0.1) is 0 Å². The number of hydrogen-bond donors (Lipinski definition) is 5. The number of benzene rings is 2. The van der Waals surface area contributed by atoms with E-state index in [4.69, 9.17) is 18.9 Å². The largest absolute Gasteiger partial charge is 0.506 e. The van der Waals surface area contributed by atoms with Gasteiger partial charge in [-0.1, -0.05) is 18.6 Å². The van der Waals surface area contributed by atoms with Crippen LogP contribution >= 0.6 is 0 Å². The topological polar surface area (TPSA) is 172 Å². The number of ether oxygens (including phenoxy) is 4. The molecule has 2 aromatic rings. The van der Waals surface area contributed by atoms with Crippen LogP contribution < -0.4 is 4.74 Å². The Balaban J connectivity index is 1.15. The van der Waals surface area contributed by atoms with E-state index < -0.39 is 54.3 Å². The molecule has 5 N–H and O–H groups in total. The number of aliphatic hydroxyl groups is 3. The molecule has 0 aromatic heterocycles. The van der Waals surface area contributed by atoms with E-state index in [0.29, 0.717) is 47.6 Å². The van der Waals surface area contributed by atoms with Crippen LogP contribution in [0.1, 0.15) is 65.3 Å². The van der Waals surface area contributed by atoms with Crippen molar-refractivity contribution < 1.29 is 54.1 Å². The number of phenols is 1. The predicted octanol–water partition coefficient (Wildman–Crippen LogP) is 3.67. The number of Topliss-reactive ketones (excluding diaryl/α,β-unsaturated/α-hetero) is 1. The average molecular weight is 663 g/mol. The smallest absolute Gasteiger partial charge is 0.335 e. The number of rotatable bonds is 5. The third-order valence-electron chi connectivity index (χ3n) is 12.2. The van der Waals surface area contributed by atoms with Gasteiger partial charge in [0.25, 0.3) is 0 Å². The molecule has 3 aliphatic heterocycles. The number of carbonyl (C=O) groups excluding carboxylic acids is 1. The highest BCUT2D eigenvalue weighted by Crippen LogP contribution is 2.61. The van der Waals surface area contributed by atoms with Crippen LogP contribution in [-0.4, -0.2) is 93.9 Å². The molecule has 2 aromatic carbocycles. The first-order chi connectivity index (χ1) is 23.0. The summed E-state index contributed by atoms with van der Waals surface area (Å²) in [4.78, 5) is 24.5. The third kappa shape index (κ3) is 4.62. The van der Waals surface area contributed by atoms with Gasteiger partial charge < -0.3 is 44.5 Å². The SMILES string of the molecule is CC(=O)c1c(C)cc2cc(C(=O)O)cc(O[C@@H]3O[C@H](CO)[C@]4(C[C@@H]5C6=C(CC=C6[C@H]6COC[C@H]7CCC[C@@H]5[C@@H]76)CO4)[C@H](O)[C@H]3O)c2c1O. The first-order valence-corrected chi connectivity index (χ1v) is 17.0. The summed E-state index contributed by atoms with van der Waals surface area (Å²) in [7, 11) is 0. The maximum atomic E-state index is 12.4. The van der Waals surface area contributed by atoms with E-state index in [-0.39, 0.29) is 34.8 Å². The van der Waals surface area contributed by atoms with Gasteiger partial charge in [0.15, 0.2) is 5.78 Å². The van der Waals surface area contributed by atoms with Crippen LogP contribution in [0.4, 0.5) is 0 Å². The van der Waals surface area contributed by atoms with Crippen molar-refractivity contribution in [2.75, 3.05) is 26.4 Å². The Bertz CT molecular complexity index is 1760. The number of fused-ring (bicyclic) bond motifs is 3. The maximum Gasteiger partial charge on any atom is 0.335 e. The standard InChI is InChI=1S/C37H42O11/c1-16-8-20-9-21(35(43)44)10-26(31(20)32(40)28(16)17(2)39)47-36-33(41)34(42)37(27(12-38)48-36)11-24-22-5-3-4-18-13-45-15-25(30(18)22)23-7-6-19(14-46-37)29(23)24/h7-10,18,22,24-25,27,30,33-34,36,38,40-42H,3-6,11-15H2,1-2H3,(H,43,44)/t18-,22+,24+,25-,27-,30-,33-,34-,36-,37-/m1/s1. The van der Waals surface area contributed by atoms with Crippen LogP contribution in [0.25, 0.3) is 10.8 Å². The van der Waals surface area contributed by atoms with Crippen molar-refractivity contribution >= 4 is 22.5 Å². The summed E-state index contributed by atoms with van der Waals surface area (Å²) in [5.41, 5.74) is 2.70. The lowest BCUT2D eigenvalue weighted by atomic mass is 9.52. The first-order valence-electron chi connectivity index (χ1n) is 17.0. The zero-order valence-electron chi connectivity index (χ0n) is 27.1.